The molecule has 0 unspecified atom stereocenters. The maximum Gasteiger partial charge on any atom is 0.279 e. The zero-order valence-electron chi connectivity index (χ0n) is 8.38. The van der Waals surface area contributed by atoms with Crippen molar-refractivity contribution >= 4 is 31.6 Å². The van der Waals surface area contributed by atoms with Gasteiger partial charge in [-0.2, -0.15) is 8.42 Å². The summed E-state index contributed by atoms with van der Waals surface area (Å²) in [5, 5.41) is 9.59. The highest BCUT2D eigenvalue weighted by atomic mass is 79.9. The Labute approximate surface area is 106 Å². The van der Waals surface area contributed by atoms with Crippen molar-refractivity contribution in [2.24, 2.45) is 0 Å². The third-order valence-electron chi connectivity index (χ3n) is 1.99. The Balaban J connectivity index is 2.37. The summed E-state index contributed by atoms with van der Waals surface area (Å²) in [5.41, 5.74) is 0.0916. The minimum absolute atomic E-state index is 0.0723. The van der Waals surface area contributed by atoms with E-state index in [1.165, 1.54) is 18.6 Å². The lowest BCUT2D eigenvalue weighted by Gasteiger charge is -2.08. The van der Waals surface area contributed by atoms with Gasteiger partial charge in [0.05, 0.1) is 22.7 Å². The standard InChI is InChI=1S/C9H8BrN3O3S/c10-6-2-1-3-7(9(6)14)13-17(15,16)8-4-11-5-12-8/h1-5,13-14H,(H,11,12). The van der Waals surface area contributed by atoms with Crippen LogP contribution < -0.4 is 4.72 Å². The monoisotopic (exact) mass is 317 g/mol. The van der Waals surface area contributed by atoms with Crippen LogP contribution in [0.3, 0.4) is 0 Å². The largest absolute Gasteiger partial charge is 0.505 e. The van der Waals surface area contributed by atoms with Gasteiger partial charge in [0.2, 0.25) is 0 Å². The number of anilines is 1. The fourth-order valence-corrected chi connectivity index (χ4v) is 2.53. The number of nitrogens with zero attached hydrogens (tertiary/aromatic N) is 1. The van der Waals surface area contributed by atoms with E-state index >= 15 is 0 Å². The molecular formula is C9H8BrN3O3S. The lowest BCUT2D eigenvalue weighted by atomic mass is 10.3. The Morgan fingerprint density at radius 2 is 2.18 bits per heavy atom. The third kappa shape index (κ3) is 2.42. The van der Waals surface area contributed by atoms with E-state index in [9.17, 15) is 13.5 Å². The van der Waals surface area contributed by atoms with Gasteiger partial charge in [0, 0.05) is 0 Å². The molecule has 90 valence electrons. The molecule has 2 rings (SSSR count). The Morgan fingerprint density at radius 3 is 2.82 bits per heavy atom. The number of phenols is 1. The zero-order chi connectivity index (χ0) is 12.5. The first-order valence-electron chi connectivity index (χ1n) is 4.49. The van der Waals surface area contributed by atoms with Crippen molar-refractivity contribution in [3.63, 3.8) is 0 Å². The topological polar surface area (TPSA) is 95.1 Å². The molecule has 1 heterocycles. The number of para-hydroxylation sites is 1. The summed E-state index contributed by atoms with van der Waals surface area (Å²) in [4.78, 5) is 6.10. The van der Waals surface area contributed by atoms with Gasteiger partial charge in [-0.15, -0.1) is 0 Å². The second-order valence-corrected chi connectivity index (χ2v) is 5.66. The number of aromatic hydroxyl groups is 1. The predicted molar refractivity (Wildman–Crippen MR) is 65.2 cm³/mol. The van der Waals surface area contributed by atoms with Gasteiger partial charge in [0.1, 0.15) is 0 Å². The van der Waals surface area contributed by atoms with Crippen LogP contribution in [0.4, 0.5) is 5.69 Å². The number of halogens is 1. The molecule has 3 N–H and O–H groups in total. The molecule has 0 aliphatic carbocycles. The molecule has 0 radical (unpaired) electrons. The average Bonchev–Trinajstić information content (AvgIpc) is 2.78. The summed E-state index contributed by atoms with van der Waals surface area (Å²) < 4.78 is 26.3. The first kappa shape index (κ1) is 11.9. The smallest absolute Gasteiger partial charge is 0.279 e. The molecule has 0 atom stereocenters. The Kier molecular flexibility index (Phi) is 3.07. The van der Waals surface area contributed by atoms with E-state index in [0.717, 1.165) is 0 Å². The number of nitrogens with one attached hydrogen (secondary N) is 2. The number of phenolic OH excluding ortho intramolecular Hbond substituents is 1. The number of H-pyrrole nitrogens is 1. The first-order valence-corrected chi connectivity index (χ1v) is 6.77. The van der Waals surface area contributed by atoms with Gasteiger partial charge in [0.25, 0.3) is 10.0 Å². The fourth-order valence-electron chi connectivity index (χ4n) is 1.19. The molecule has 0 saturated heterocycles. The van der Waals surface area contributed by atoms with Crippen LogP contribution in [-0.4, -0.2) is 23.5 Å². The summed E-state index contributed by atoms with van der Waals surface area (Å²) in [6.07, 6.45) is 2.44. The molecule has 0 aliphatic heterocycles. The van der Waals surface area contributed by atoms with Gasteiger partial charge in [-0.25, -0.2) is 4.98 Å². The molecule has 0 aliphatic rings. The summed E-state index contributed by atoms with van der Waals surface area (Å²) >= 11 is 3.10. The molecule has 8 heteroatoms. The highest BCUT2D eigenvalue weighted by molar-refractivity contribution is 9.10. The molecule has 0 spiro atoms. The second-order valence-electron chi connectivity index (χ2n) is 3.16. The van der Waals surface area contributed by atoms with Crippen LogP contribution in [0.2, 0.25) is 0 Å². The number of benzene rings is 1. The van der Waals surface area contributed by atoms with Crippen LogP contribution >= 0.6 is 15.9 Å². The molecule has 17 heavy (non-hydrogen) atoms. The second kappa shape index (κ2) is 4.38. The molecule has 0 amide bonds. The number of hydrogen-bond acceptors (Lipinski definition) is 4. The maximum atomic E-state index is 11.8. The Hall–Kier alpha value is -1.54. The highest BCUT2D eigenvalue weighted by Crippen LogP contribution is 2.32. The number of rotatable bonds is 3. The van der Waals surface area contributed by atoms with E-state index in [-0.39, 0.29) is 16.5 Å². The van der Waals surface area contributed by atoms with Crippen molar-refractivity contribution in [3.8, 4) is 5.75 Å². The molecule has 0 fully saturated rings. The van der Waals surface area contributed by atoms with Crippen LogP contribution in [0, 0.1) is 0 Å². The van der Waals surface area contributed by atoms with Crippen molar-refractivity contribution in [1.82, 2.24) is 9.97 Å². The van der Waals surface area contributed by atoms with E-state index in [1.54, 1.807) is 12.1 Å². The van der Waals surface area contributed by atoms with Crippen LogP contribution in [0.1, 0.15) is 0 Å². The minimum atomic E-state index is -3.76. The number of hydrogen-bond donors (Lipinski definition) is 3. The van der Waals surface area contributed by atoms with Crippen LogP contribution in [0.15, 0.2) is 40.2 Å². The summed E-state index contributed by atoms with van der Waals surface area (Å²) in [5.74, 6) is -0.171. The SMILES string of the molecule is O=S(=O)(Nc1cccc(Br)c1O)c1cnc[nH]1. The van der Waals surface area contributed by atoms with Gasteiger partial charge in [0.15, 0.2) is 10.8 Å². The lowest BCUT2D eigenvalue weighted by molar-refractivity contribution is 0.474. The van der Waals surface area contributed by atoms with Gasteiger partial charge < -0.3 is 10.1 Å². The highest BCUT2D eigenvalue weighted by Gasteiger charge is 2.17. The van der Waals surface area contributed by atoms with Gasteiger partial charge in [-0.05, 0) is 28.1 Å². The quantitative estimate of drug-likeness (QED) is 0.750. The van der Waals surface area contributed by atoms with Crippen molar-refractivity contribution in [2.75, 3.05) is 4.72 Å². The zero-order valence-corrected chi connectivity index (χ0v) is 10.8. The number of aromatic nitrogens is 2. The van der Waals surface area contributed by atoms with Crippen LogP contribution in [-0.2, 0) is 10.0 Å². The number of sulfonamides is 1. The van der Waals surface area contributed by atoms with E-state index in [1.807, 2.05) is 0 Å². The normalized spacial score (nSPS) is 11.4. The number of aromatic amines is 1. The molecule has 0 bridgehead atoms. The van der Waals surface area contributed by atoms with E-state index in [2.05, 4.69) is 30.6 Å². The molecule has 1 aromatic heterocycles. The van der Waals surface area contributed by atoms with Gasteiger partial charge >= 0.3 is 0 Å². The molecule has 0 saturated carbocycles. The molecular weight excluding hydrogens is 310 g/mol. The third-order valence-corrected chi connectivity index (χ3v) is 3.92. The molecule has 6 nitrogen and oxygen atoms in total. The van der Waals surface area contributed by atoms with Crippen LogP contribution in [0.25, 0.3) is 0 Å². The summed E-state index contributed by atoms with van der Waals surface area (Å²) in [6.45, 7) is 0. The predicted octanol–water partition coefficient (Wildman–Crippen LogP) is 1.68. The Morgan fingerprint density at radius 1 is 1.41 bits per heavy atom. The summed E-state index contributed by atoms with van der Waals surface area (Å²) in [7, 11) is -3.76. The number of imidazole rings is 1. The summed E-state index contributed by atoms with van der Waals surface area (Å²) in [6, 6.07) is 4.66. The van der Waals surface area contributed by atoms with Gasteiger partial charge in [-0.1, -0.05) is 6.07 Å². The Bertz CT molecular complexity index is 625. The van der Waals surface area contributed by atoms with Crippen molar-refractivity contribution in [3.05, 3.63) is 35.2 Å². The van der Waals surface area contributed by atoms with E-state index < -0.39 is 10.0 Å². The molecule has 2 aromatic rings. The van der Waals surface area contributed by atoms with Crippen molar-refractivity contribution in [1.29, 1.82) is 0 Å². The fraction of sp³-hybridized carbons (Fsp3) is 0. The lowest BCUT2D eigenvalue weighted by Crippen LogP contribution is -2.13. The maximum absolute atomic E-state index is 11.8. The van der Waals surface area contributed by atoms with E-state index in [4.69, 9.17) is 0 Å². The first-order chi connectivity index (χ1) is 8.00. The minimum Gasteiger partial charge on any atom is -0.505 e. The van der Waals surface area contributed by atoms with Gasteiger partial charge in [-0.3, -0.25) is 4.72 Å². The van der Waals surface area contributed by atoms with Crippen molar-refractivity contribution in [2.45, 2.75) is 5.03 Å². The molecule has 1 aromatic carbocycles. The van der Waals surface area contributed by atoms with Crippen molar-refractivity contribution < 1.29 is 13.5 Å². The van der Waals surface area contributed by atoms with Crippen LogP contribution in [0.5, 0.6) is 5.75 Å². The average molecular weight is 318 g/mol. The van der Waals surface area contributed by atoms with E-state index in [0.29, 0.717) is 4.47 Å².